The van der Waals surface area contributed by atoms with Crippen molar-refractivity contribution in [2.75, 3.05) is 53.4 Å². The number of esters is 1. The van der Waals surface area contributed by atoms with E-state index >= 15 is 0 Å². The summed E-state index contributed by atoms with van der Waals surface area (Å²) in [5.41, 5.74) is 5.38. The number of piperidine rings is 1. The Hall–Kier alpha value is -3.22. The van der Waals surface area contributed by atoms with Crippen molar-refractivity contribution in [2.24, 2.45) is 0 Å². The van der Waals surface area contributed by atoms with E-state index in [2.05, 4.69) is 48.0 Å². The molecule has 0 atom stereocenters. The van der Waals surface area contributed by atoms with Crippen molar-refractivity contribution in [1.82, 2.24) is 14.7 Å². The molecule has 0 N–H and O–H groups in total. The first-order chi connectivity index (χ1) is 19.4. The van der Waals surface area contributed by atoms with Gasteiger partial charge in [-0.25, -0.2) is 0 Å². The lowest BCUT2D eigenvalue weighted by Gasteiger charge is -2.32. The van der Waals surface area contributed by atoms with Crippen molar-refractivity contribution < 1.29 is 14.3 Å². The van der Waals surface area contributed by atoms with Gasteiger partial charge < -0.3 is 19.4 Å². The molecule has 2 aliphatic rings. The predicted octanol–water partition coefficient (Wildman–Crippen LogP) is 5.35. The summed E-state index contributed by atoms with van der Waals surface area (Å²) in [6.45, 7) is 7.51. The second-order valence-electron chi connectivity index (χ2n) is 11.2. The summed E-state index contributed by atoms with van der Waals surface area (Å²) >= 11 is 0. The number of likely N-dealkylation sites (N-methyl/N-ethyl adjacent to an activating group) is 2. The first-order valence-corrected chi connectivity index (χ1v) is 14.8. The number of allylic oxidation sites excluding steroid dienone is 2. The summed E-state index contributed by atoms with van der Waals surface area (Å²) in [7, 11) is 4.05. The Morgan fingerprint density at radius 1 is 0.950 bits per heavy atom. The number of rotatable bonds is 13. The second-order valence-corrected chi connectivity index (χ2v) is 11.2. The van der Waals surface area contributed by atoms with Crippen LogP contribution in [-0.4, -0.2) is 86.0 Å². The highest BCUT2D eigenvalue weighted by atomic mass is 16.5. The lowest BCUT2D eigenvalue weighted by molar-refractivity contribution is -0.150. The number of carbonyl (C=O) groups is 2. The molecule has 1 aliphatic carbocycles. The van der Waals surface area contributed by atoms with Gasteiger partial charge in [0.1, 0.15) is 6.10 Å². The maximum atomic E-state index is 13.0. The molecule has 0 saturated carbocycles. The fraction of sp³-hybridized carbons (Fsp3) is 0.471. The van der Waals surface area contributed by atoms with Crippen molar-refractivity contribution >= 4 is 11.9 Å². The molecule has 1 heterocycles. The van der Waals surface area contributed by atoms with Crippen LogP contribution in [0, 0.1) is 0 Å². The smallest absolute Gasteiger partial charge is 0.310 e. The molecule has 1 aliphatic heterocycles. The van der Waals surface area contributed by atoms with Crippen molar-refractivity contribution in [3.63, 3.8) is 0 Å². The summed E-state index contributed by atoms with van der Waals surface area (Å²) < 4.78 is 5.88. The van der Waals surface area contributed by atoms with Crippen LogP contribution in [0.25, 0.3) is 11.1 Å². The molecule has 2 aromatic rings. The van der Waals surface area contributed by atoms with Gasteiger partial charge in [0.15, 0.2) is 0 Å². The number of hydrogen-bond donors (Lipinski definition) is 0. The Morgan fingerprint density at radius 3 is 2.42 bits per heavy atom. The third-order valence-corrected chi connectivity index (χ3v) is 7.95. The Bertz CT molecular complexity index is 1180. The van der Waals surface area contributed by atoms with Crippen LogP contribution in [-0.2, 0) is 20.7 Å². The Labute approximate surface area is 240 Å². The van der Waals surface area contributed by atoms with E-state index in [-0.39, 0.29) is 24.4 Å². The van der Waals surface area contributed by atoms with Gasteiger partial charge in [0, 0.05) is 51.8 Å². The fourth-order valence-corrected chi connectivity index (χ4v) is 5.54. The third-order valence-electron chi connectivity index (χ3n) is 7.95. The molecular formula is C34H45N3O3. The van der Waals surface area contributed by atoms with Gasteiger partial charge in [-0.05, 0) is 49.5 Å². The highest BCUT2D eigenvalue weighted by Crippen LogP contribution is 2.25. The van der Waals surface area contributed by atoms with Gasteiger partial charge in [-0.1, -0.05) is 85.7 Å². The average molecular weight is 544 g/mol. The van der Waals surface area contributed by atoms with E-state index in [0.29, 0.717) is 6.54 Å². The number of unbranched alkanes of at least 4 members (excludes halogenated alkanes) is 1. The van der Waals surface area contributed by atoms with E-state index < -0.39 is 0 Å². The van der Waals surface area contributed by atoms with Gasteiger partial charge in [0.25, 0.3) is 0 Å². The molecule has 6 nitrogen and oxygen atoms in total. The number of nitrogens with zero attached hydrogens (tertiary/aromatic N) is 3. The highest BCUT2D eigenvalue weighted by molar-refractivity contribution is 5.94. The summed E-state index contributed by atoms with van der Waals surface area (Å²) in [6.07, 6.45) is 9.16. The molecule has 0 bridgehead atoms. The molecule has 1 fully saturated rings. The van der Waals surface area contributed by atoms with Gasteiger partial charge in [0.2, 0.25) is 5.91 Å². The van der Waals surface area contributed by atoms with Crippen LogP contribution in [0.15, 0.2) is 77.9 Å². The molecule has 4 rings (SSSR count). The minimum Gasteiger partial charge on any atom is -0.462 e. The molecule has 1 amide bonds. The van der Waals surface area contributed by atoms with Crippen LogP contribution < -0.4 is 0 Å². The van der Waals surface area contributed by atoms with Gasteiger partial charge in [-0.15, -0.1) is 0 Å². The first-order valence-electron chi connectivity index (χ1n) is 14.8. The third kappa shape index (κ3) is 8.64. The molecule has 0 aromatic heterocycles. The summed E-state index contributed by atoms with van der Waals surface area (Å²) in [5.74, 6) is -0.0383. The van der Waals surface area contributed by atoms with E-state index in [0.717, 1.165) is 74.2 Å². The van der Waals surface area contributed by atoms with Crippen LogP contribution in [0.4, 0.5) is 0 Å². The molecule has 40 heavy (non-hydrogen) atoms. The molecule has 6 heteroatoms. The molecule has 0 unspecified atom stereocenters. The van der Waals surface area contributed by atoms with E-state index in [4.69, 9.17) is 4.74 Å². The molecular weight excluding hydrogens is 498 g/mol. The van der Waals surface area contributed by atoms with Crippen LogP contribution in [0.3, 0.4) is 0 Å². The Morgan fingerprint density at radius 2 is 1.68 bits per heavy atom. The predicted molar refractivity (Wildman–Crippen MR) is 162 cm³/mol. The molecule has 0 radical (unpaired) electrons. The largest absolute Gasteiger partial charge is 0.462 e. The Balaban J connectivity index is 1.15. The summed E-state index contributed by atoms with van der Waals surface area (Å²) in [6, 6.07) is 18.2. The summed E-state index contributed by atoms with van der Waals surface area (Å²) in [5, 5.41) is 0. The lowest BCUT2D eigenvalue weighted by Crippen LogP contribution is -2.42. The fourth-order valence-electron chi connectivity index (χ4n) is 5.54. The van der Waals surface area contributed by atoms with Gasteiger partial charge in [0.05, 0.1) is 6.42 Å². The van der Waals surface area contributed by atoms with Crippen molar-refractivity contribution in [3.05, 3.63) is 83.5 Å². The van der Waals surface area contributed by atoms with Crippen molar-refractivity contribution in [2.45, 2.75) is 51.6 Å². The minimum absolute atomic E-state index is 0.0457. The monoisotopic (exact) mass is 543 g/mol. The maximum Gasteiger partial charge on any atom is 0.310 e. The zero-order valence-electron chi connectivity index (χ0n) is 24.5. The van der Waals surface area contributed by atoms with E-state index in [1.165, 1.54) is 18.4 Å². The standard InChI is InChI=1S/C34H45N3O3/c1-4-5-19-35(2)26-27-15-16-30(24-27)34(39)36(3)22-23-37-20-17-31(18-21-37)40-33(38)25-29-13-9-10-14-32(29)28-11-7-6-8-12-28/h6-16,31H,4-5,17-26H2,1-3H3. The number of amides is 1. The number of benzene rings is 2. The zero-order valence-corrected chi connectivity index (χ0v) is 24.5. The number of ether oxygens (including phenoxy) is 1. The van der Waals surface area contributed by atoms with Gasteiger partial charge in [-0.2, -0.15) is 0 Å². The SMILES string of the molecule is CCCCN(C)CC1=CC=C(C(=O)N(C)CCN2CCC(OC(=O)Cc3ccccc3-c3ccccc3)CC2)C1. The summed E-state index contributed by atoms with van der Waals surface area (Å²) in [4.78, 5) is 32.3. The average Bonchev–Trinajstić information content (AvgIpc) is 3.44. The molecule has 214 valence electrons. The molecule has 2 aromatic carbocycles. The normalized spacial score (nSPS) is 16.1. The Kier molecular flexibility index (Phi) is 11.1. The van der Waals surface area contributed by atoms with Crippen LogP contribution >= 0.6 is 0 Å². The molecule has 0 spiro atoms. The van der Waals surface area contributed by atoms with Crippen molar-refractivity contribution in [1.29, 1.82) is 0 Å². The van der Waals surface area contributed by atoms with E-state index in [1.807, 2.05) is 54.4 Å². The quantitative estimate of drug-likeness (QED) is 0.319. The lowest BCUT2D eigenvalue weighted by atomic mass is 9.98. The molecule has 1 saturated heterocycles. The van der Waals surface area contributed by atoms with E-state index in [1.54, 1.807) is 0 Å². The van der Waals surface area contributed by atoms with Crippen molar-refractivity contribution in [3.8, 4) is 11.1 Å². The highest BCUT2D eigenvalue weighted by Gasteiger charge is 2.24. The van der Waals surface area contributed by atoms with Gasteiger partial charge in [-0.3, -0.25) is 9.59 Å². The first kappa shape index (κ1) is 29.8. The number of carbonyl (C=O) groups excluding carboxylic acids is 2. The van der Waals surface area contributed by atoms with Crippen LogP contribution in [0.1, 0.15) is 44.6 Å². The van der Waals surface area contributed by atoms with Crippen LogP contribution in [0.2, 0.25) is 0 Å². The minimum atomic E-state index is -0.165. The number of likely N-dealkylation sites (tertiary alicyclic amines) is 1. The van der Waals surface area contributed by atoms with Gasteiger partial charge >= 0.3 is 5.97 Å². The second kappa shape index (κ2) is 15.0. The maximum absolute atomic E-state index is 13.0. The van der Waals surface area contributed by atoms with E-state index in [9.17, 15) is 9.59 Å². The zero-order chi connectivity index (χ0) is 28.3. The number of hydrogen-bond acceptors (Lipinski definition) is 5. The van der Waals surface area contributed by atoms with Crippen LogP contribution in [0.5, 0.6) is 0 Å². The topological polar surface area (TPSA) is 53.1 Å².